The van der Waals surface area contributed by atoms with Crippen LogP contribution in [0.1, 0.15) is 56.6 Å². The average molecular weight is 361 g/mol. The van der Waals surface area contributed by atoms with E-state index in [1.807, 2.05) is 6.07 Å². The van der Waals surface area contributed by atoms with E-state index < -0.39 is 0 Å². The second-order valence-electron chi connectivity index (χ2n) is 6.98. The number of hydrogen-bond donors (Lipinski definition) is 2. The van der Waals surface area contributed by atoms with E-state index in [-0.39, 0.29) is 11.5 Å². The lowest BCUT2D eigenvalue weighted by atomic mass is 9.96. The van der Waals surface area contributed by atoms with Crippen LogP contribution in [-0.4, -0.2) is 16.0 Å². The smallest absolute Gasteiger partial charge is 0.225 e. The number of aromatic nitrogens is 2. The van der Waals surface area contributed by atoms with Gasteiger partial charge >= 0.3 is 0 Å². The molecular weight excluding hydrogens is 339 g/mol. The molecule has 2 saturated carbocycles. The Kier molecular flexibility index (Phi) is 4.75. The fourth-order valence-electron chi connectivity index (χ4n) is 3.36. The van der Waals surface area contributed by atoms with Crippen molar-refractivity contribution in [3.8, 4) is 0 Å². The Morgan fingerprint density at radius 1 is 1.04 bits per heavy atom. The summed E-state index contributed by atoms with van der Waals surface area (Å²) in [6, 6.07) is 6.98. The minimum atomic E-state index is -0.388. The Bertz CT molecular complexity index is 737. The second-order valence-corrected chi connectivity index (χ2v) is 7.38. The van der Waals surface area contributed by atoms with Crippen LogP contribution in [0, 0.1) is 5.82 Å². The molecule has 0 radical (unpaired) electrons. The van der Waals surface area contributed by atoms with E-state index in [9.17, 15) is 4.39 Å². The van der Waals surface area contributed by atoms with Crippen LogP contribution in [-0.2, 0) is 0 Å². The molecule has 0 saturated heterocycles. The van der Waals surface area contributed by atoms with Crippen LogP contribution >= 0.6 is 11.6 Å². The Hall–Kier alpha value is -1.88. The number of anilines is 3. The molecule has 2 aliphatic rings. The molecule has 0 aliphatic heterocycles. The van der Waals surface area contributed by atoms with E-state index in [0.717, 1.165) is 31.4 Å². The molecule has 0 atom stereocenters. The van der Waals surface area contributed by atoms with Crippen molar-refractivity contribution in [1.82, 2.24) is 9.97 Å². The van der Waals surface area contributed by atoms with E-state index in [4.69, 9.17) is 11.6 Å². The summed E-state index contributed by atoms with van der Waals surface area (Å²) >= 11 is 6.13. The summed E-state index contributed by atoms with van der Waals surface area (Å²) in [5, 5.41) is 6.85. The molecule has 25 heavy (non-hydrogen) atoms. The maximum Gasteiger partial charge on any atom is 0.225 e. The van der Waals surface area contributed by atoms with Crippen LogP contribution in [0.3, 0.4) is 0 Å². The fraction of sp³-hybridized carbons (Fsp3) is 0.474. The first-order chi connectivity index (χ1) is 12.2. The van der Waals surface area contributed by atoms with Crippen molar-refractivity contribution in [2.45, 2.75) is 56.9 Å². The number of para-hydroxylation sites is 1. The first kappa shape index (κ1) is 16.6. The van der Waals surface area contributed by atoms with Crippen molar-refractivity contribution in [1.29, 1.82) is 0 Å². The zero-order chi connectivity index (χ0) is 17.2. The van der Waals surface area contributed by atoms with E-state index in [0.29, 0.717) is 28.7 Å². The number of halogens is 2. The predicted octanol–water partition coefficient (Wildman–Crippen LogP) is 5.63. The fourth-order valence-corrected chi connectivity index (χ4v) is 3.57. The monoisotopic (exact) mass is 360 g/mol. The van der Waals surface area contributed by atoms with Crippen molar-refractivity contribution in [3.63, 3.8) is 0 Å². The Balaban J connectivity index is 1.60. The van der Waals surface area contributed by atoms with Gasteiger partial charge in [0.2, 0.25) is 5.95 Å². The van der Waals surface area contributed by atoms with E-state index in [1.165, 1.54) is 25.3 Å². The molecular formula is C19H22ClFN4. The predicted molar refractivity (Wildman–Crippen MR) is 99.2 cm³/mol. The maximum atomic E-state index is 14.1. The zero-order valence-corrected chi connectivity index (χ0v) is 14.8. The van der Waals surface area contributed by atoms with Gasteiger partial charge in [0.15, 0.2) is 0 Å². The number of nitrogens with zero attached hydrogens (tertiary/aromatic N) is 2. The van der Waals surface area contributed by atoms with Crippen molar-refractivity contribution in [2.75, 3.05) is 10.6 Å². The molecule has 2 aliphatic carbocycles. The Morgan fingerprint density at radius 3 is 2.56 bits per heavy atom. The van der Waals surface area contributed by atoms with Gasteiger partial charge in [-0.15, -0.1) is 0 Å². The van der Waals surface area contributed by atoms with Crippen molar-refractivity contribution >= 4 is 29.1 Å². The summed E-state index contributed by atoms with van der Waals surface area (Å²) in [6.45, 7) is 0. The molecule has 1 aromatic heterocycles. The molecule has 4 rings (SSSR count). The molecule has 4 nitrogen and oxygen atoms in total. The topological polar surface area (TPSA) is 49.8 Å². The second kappa shape index (κ2) is 7.16. The van der Waals surface area contributed by atoms with Gasteiger partial charge in [0.05, 0.1) is 16.4 Å². The van der Waals surface area contributed by atoms with Crippen molar-refractivity contribution < 1.29 is 4.39 Å². The lowest BCUT2D eigenvalue weighted by molar-refractivity contribution is 0.460. The highest BCUT2D eigenvalue weighted by molar-refractivity contribution is 6.33. The van der Waals surface area contributed by atoms with Crippen molar-refractivity contribution in [3.05, 3.63) is 40.8 Å². The first-order valence-corrected chi connectivity index (χ1v) is 9.43. The third kappa shape index (κ3) is 4.03. The third-order valence-electron chi connectivity index (χ3n) is 4.90. The largest absolute Gasteiger partial charge is 0.351 e. The van der Waals surface area contributed by atoms with Gasteiger partial charge in [0, 0.05) is 18.0 Å². The molecule has 1 heterocycles. The maximum absolute atomic E-state index is 14.1. The number of rotatable bonds is 5. The quantitative estimate of drug-likeness (QED) is 0.725. The van der Waals surface area contributed by atoms with Crippen LogP contribution in [0.4, 0.5) is 21.8 Å². The molecule has 6 heteroatoms. The van der Waals surface area contributed by atoms with E-state index in [1.54, 1.807) is 12.1 Å². The van der Waals surface area contributed by atoms with Crippen LogP contribution < -0.4 is 10.6 Å². The van der Waals surface area contributed by atoms with E-state index in [2.05, 4.69) is 20.6 Å². The molecule has 2 fully saturated rings. The van der Waals surface area contributed by atoms with Crippen LogP contribution in [0.2, 0.25) is 5.02 Å². The average Bonchev–Trinajstić information content (AvgIpc) is 3.44. The highest BCUT2D eigenvalue weighted by atomic mass is 35.5. The van der Waals surface area contributed by atoms with Crippen LogP contribution in [0.25, 0.3) is 0 Å². The number of benzene rings is 1. The van der Waals surface area contributed by atoms with Gasteiger partial charge in [-0.25, -0.2) is 9.37 Å². The standard InChI is InChI=1S/C19H22ClFN4/c20-14-7-4-8-15(21)18(14)24-17-11-16(12-9-10-12)23-19(25-17)22-13-5-2-1-3-6-13/h4,7-8,11-13H,1-3,5-6,9-10H2,(H2,22,23,24,25). The van der Waals surface area contributed by atoms with Gasteiger partial charge in [-0.1, -0.05) is 36.9 Å². The SMILES string of the molecule is Fc1cccc(Cl)c1Nc1cc(C2CC2)nc(NC2CCCCC2)n1. The summed E-state index contributed by atoms with van der Waals surface area (Å²) in [6.07, 6.45) is 8.41. The van der Waals surface area contributed by atoms with Gasteiger partial charge in [0.1, 0.15) is 11.6 Å². The molecule has 2 aromatic rings. The lowest BCUT2D eigenvalue weighted by Crippen LogP contribution is -2.23. The van der Waals surface area contributed by atoms with E-state index >= 15 is 0 Å². The molecule has 0 spiro atoms. The molecule has 132 valence electrons. The summed E-state index contributed by atoms with van der Waals surface area (Å²) in [5.41, 5.74) is 1.27. The number of nitrogens with one attached hydrogen (secondary N) is 2. The minimum Gasteiger partial charge on any atom is -0.351 e. The molecule has 0 bridgehead atoms. The summed E-state index contributed by atoms with van der Waals surface area (Å²) in [4.78, 5) is 9.24. The normalized spacial score (nSPS) is 18.2. The minimum absolute atomic E-state index is 0.258. The highest BCUT2D eigenvalue weighted by Crippen LogP contribution is 2.40. The molecule has 0 unspecified atom stereocenters. The molecule has 1 aromatic carbocycles. The third-order valence-corrected chi connectivity index (χ3v) is 5.21. The summed E-state index contributed by atoms with van der Waals surface area (Å²) < 4.78 is 14.1. The highest BCUT2D eigenvalue weighted by Gasteiger charge is 2.27. The Morgan fingerprint density at radius 2 is 1.84 bits per heavy atom. The van der Waals surface area contributed by atoms with Crippen molar-refractivity contribution in [2.24, 2.45) is 0 Å². The van der Waals surface area contributed by atoms with Gasteiger partial charge in [-0.2, -0.15) is 4.98 Å². The zero-order valence-electron chi connectivity index (χ0n) is 14.1. The summed E-state index contributed by atoms with van der Waals surface area (Å²) in [5.74, 6) is 1.32. The lowest BCUT2D eigenvalue weighted by Gasteiger charge is -2.23. The molecule has 0 amide bonds. The van der Waals surface area contributed by atoms with Crippen LogP contribution in [0.5, 0.6) is 0 Å². The van der Waals surface area contributed by atoms with Gasteiger partial charge in [-0.3, -0.25) is 0 Å². The first-order valence-electron chi connectivity index (χ1n) is 9.05. The number of hydrogen-bond acceptors (Lipinski definition) is 4. The van der Waals surface area contributed by atoms with Crippen LogP contribution in [0.15, 0.2) is 24.3 Å². The van der Waals surface area contributed by atoms with Gasteiger partial charge in [0.25, 0.3) is 0 Å². The van der Waals surface area contributed by atoms with Gasteiger partial charge < -0.3 is 10.6 Å². The summed E-state index contributed by atoms with van der Waals surface area (Å²) in [7, 11) is 0. The van der Waals surface area contributed by atoms with Gasteiger partial charge in [-0.05, 0) is 37.8 Å². The Labute approximate surface area is 152 Å². The molecule has 2 N–H and O–H groups in total.